The number of rotatable bonds is 4. The highest BCUT2D eigenvalue weighted by Crippen LogP contribution is 2.17. The first-order valence-electron chi connectivity index (χ1n) is 8.40. The van der Waals surface area contributed by atoms with Crippen LogP contribution in [0.1, 0.15) is 39.5 Å². The van der Waals surface area contributed by atoms with Crippen LogP contribution in [-0.2, 0) is 0 Å². The van der Waals surface area contributed by atoms with Gasteiger partial charge in [0.2, 0.25) is 0 Å². The summed E-state index contributed by atoms with van der Waals surface area (Å²) in [5.74, 6) is 2.71. The molecule has 2 saturated heterocycles. The third kappa shape index (κ3) is 5.93. The summed E-state index contributed by atoms with van der Waals surface area (Å²) in [5.41, 5.74) is 0. The maximum atomic E-state index is 4.48. The van der Waals surface area contributed by atoms with Crippen LogP contribution in [0.15, 0.2) is 4.99 Å². The van der Waals surface area contributed by atoms with Crippen molar-refractivity contribution in [1.82, 2.24) is 15.1 Å². The van der Waals surface area contributed by atoms with Gasteiger partial charge in [0.05, 0.1) is 0 Å². The Labute approximate surface area is 147 Å². The maximum Gasteiger partial charge on any atom is 0.193 e. The van der Waals surface area contributed by atoms with Crippen LogP contribution in [0.4, 0.5) is 0 Å². The summed E-state index contributed by atoms with van der Waals surface area (Å²) in [6.07, 6.45) is 5.27. The highest BCUT2D eigenvalue weighted by Gasteiger charge is 2.23. The van der Waals surface area contributed by atoms with Crippen molar-refractivity contribution in [2.75, 3.05) is 46.3 Å². The van der Waals surface area contributed by atoms with Crippen LogP contribution in [0.3, 0.4) is 0 Å². The van der Waals surface area contributed by atoms with Crippen LogP contribution in [0, 0.1) is 11.8 Å². The van der Waals surface area contributed by atoms with E-state index in [0.717, 1.165) is 37.4 Å². The molecule has 5 heteroatoms. The lowest BCUT2D eigenvalue weighted by atomic mass is 10.0. The van der Waals surface area contributed by atoms with E-state index in [9.17, 15) is 0 Å². The van der Waals surface area contributed by atoms with E-state index < -0.39 is 0 Å². The minimum atomic E-state index is 0. The zero-order valence-electron chi connectivity index (χ0n) is 14.0. The largest absolute Gasteiger partial charge is 0.356 e. The quantitative estimate of drug-likeness (QED) is 0.441. The normalized spacial score (nSPS) is 27.6. The molecule has 124 valence electrons. The SMILES string of the molecule is CCCN1CCC(CNC(=NC)N2CCCC(C)C2)C1.I. The molecule has 2 atom stereocenters. The Morgan fingerprint density at radius 1 is 1.24 bits per heavy atom. The van der Waals surface area contributed by atoms with E-state index in [4.69, 9.17) is 0 Å². The Hall–Kier alpha value is -0.0400. The van der Waals surface area contributed by atoms with E-state index in [-0.39, 0.29) is 24.0 Å². The molecule has 0 spiro atoms. The van der Waals surface area contributed by atoms with Gasteiger partial charge < -0.3 is 15.1 Å². The van der Waals surface area contributed by atoms with Crippen LogP contribution in [0.5, 0.6) is 0 Å². The third-order valence-corrected chi connectivity index (χ3v) is 4.63. The van der Waals surface area contributed by atoms with Crippen molar-refractivity contribution in [3.8, 4) is 0 Å². The van der Waals surface area contributed by atoms with Crippen molar-refractivity contribution in [3.05, 3.63) is 0 Å². The number of aliphatic imine (C=N–C) groups is 1. The molecule has 0 aromatic rings. The summed E-state index contributed by atoms with van der Waals surface area (Å²) in [4.78, 5) is 9.51. The molecule has 2 fully saturated rings. The Morgan fingerprint density at radius 2 is 2.05 bits per heavy atom. The monoisotopic (exact) mass is 408 g/mol. The summed E-state index contributed by atoms with van der Waals surface area (Å²) in [6, 6.07) is 0. The lowest BCUT2D eigenvalue weighted by molar-refractivity contribution is 0.264. The summed E-state index contributed by atoms with van der Waals surface area (Å²) in [6.45, 7) is 11.8. The van der Waals surface area contributed by atoms with E-state index in [1.54, 1.807) is 0 Å². The smallest absolute Gasteiger partial charge is 0.193 e. The molecule has 0 bridgehead atoms. The zero-order chi connectivity index (χ0) is 14.4. The molecular formula is C16H33IN4. The van der Waals surface area contributed by atoms with Gasteiger partial charge in [-0.1, -0.05) is 13.8 Å². The van der Waals surface area contributed by atoms with Gasteiger partial charge in [-0.05, 0) is 50.6 Å². The first-order chi connectivity index (χ1) is 9.72. The Balaban J connectivity index is 0.00000220. The number of likely N-dealkylation sites (tertiary alicyclic amines) is 2. The van der Waals surface area contributed by atoms with Crippen molar-refractivity contribution < 1.29 is 0 Å². The zero-order valence-corrected chi connectivity index (χ0v) is 16.3. The fraction of sp³-hybridized carbons (Fsp3) is 0.938. The summed E-state index contributed by atoms with van der Waals surface area (Å²) < 4.78 is 0. The average molecular weight is 408 g/mol. The predicted octanol–water partition coefficient (Wildman–Crippen LogP) is 2.64. The number of halogens is 1. The van der Waals surface area contributed by atoms with E-state index in [1.165, 1.54) is 45.3 Å². The first kappa shape index (κ1) is 19.0. The second kappa shape index (κ2) is 9.87. The van der Waals surface area contributed by atoms with Crippen LogP contribution in [0.2, 0.25) is 0 Å². The number of hydrogen-bond acceptors (Lipinski definition) is 2. The Bertz CT molecular complexity index is 321. The molecule has 21 heavy (non-hydrogen) atoms. The van der Waals surface area contributed by atoms with E-state index in [2.05, 4.69) is 34.0 Å². The van der Waals surface area contributed by atoms with E-state index in [0.29, 0.717) is 0 Å². The Kier molecular flexibility index (Phi) is 8.94. The van der Waals surface area contributed by atoms with Crippen molar-refractivity contribution >= 4 is 29.9 Å². The lowest BCUT2D eigenvalue weighted by Crippen LogP contribution is -2.47. The third-order valence-electron chi connectivity index (χ3n) is 4.63. The minimum absolute atomic E-state index is 0. The second-order valence-corrected chi connectivity index (χ2v) is 6.58. The highest BCUT2D eigenvalue weighted by molar-refractivity contribution is 14.0. The molecule has 0 aromatic carbocycles. The summed E-state index contributed by atoms with van der Waals surface area (Å²) in [5, 5.41) is 3.61. The predicted molar refractivity (Wildman–Crippen MR) is 102 cm³/mol. The van der Waals surface area contributed by atoms with Crippen LogP contribution in [-0.4, -0.2) is 62.1 Å². The topological polar surface area (TPSA) is 30.9 Å². The maximum absolute atomic E-state index is 4.48. The molecule has 0 aromatic heterocycles. The van der Waals surface area contributed by atoms with Gasteiger partial charge in [0, 0.05) is 33.2 Å². The standard InChI is InChI=1S/C16H32N4.HI/c1-4-8-19-10-7-15(13-19)11-18-16(17-3)20-9-5-6-14(2)12-20;/h14-15H,4-13H2,1-3H3,(H,17,18);1H. The highest BCUT2D eigenvalue weighted by atomic mass is 127. The average Bonchev–Trinajstić information content (AvgIpc) is 2.88. The number of nitrogens with zero attached hydrogens (tertiary/aromatic N) is 3. The number of hydrogen-bond donors (Lipinski definition) is 1. The van der Waals surface area contributed by atoms with Gasteiger partial charge in [-0.15, -0.1) is 24.0 Å². The van der Waals surface area contributed by atoms with Gasteiger partial charge in [-0.25, -0.2) is 0 Å². The molecule has 2 heterocycles. The molecule has 2 rings (SSSR count). The van der Waals surface area contributed by atoms with Gasteiger partial charge in [0.1, 0.15) is 0 Å². The van der Waals surface area contributed by atoms with Crippen molar-refractivity contribution in [3.63, 3.8) is 0 Å². The minimum Gasteiger partial charge on any atom is -0.356 e. The molecule has 2 aliphatic rings. The first-order valence-corrected chi connectivity index (χ1v) is 8.40. The van der Waals surface area contributed by atoms with Gasteiger partial charge in [0.25, 0.3) is 0 Å². The molecule has 2 aliphatic heterocycles. The van der Waals surface area contributed by atoms with E-state index >= 15 is 0 Å². The molecule has 1 N–H and O–H groups in total. The van der Waals surface area contributed by atoms with Gasteiger partial charge in [0.15, 0.2) is 5.96 Å². The fourth-order valence-electron chi connectivity index (χ4n) is 3.55. The summed E-state index contributed by atoms with van der Waals surface area (Å²) in [7, 11) is 1.92. The van der Waals surface area contributed by atoms with Crippen LogP contribution >= 0.6 is 24.0 Å². The molecule has 0 amide bonds. The van der Waals surface area contributed by atoms with Gasteiger partial charge >= 0.3 is 0 Å². The molecular weight excluding hydrogens is 375 g/mol. The molecule has 4 nitrogen and oxygen atoms in total. The second-order valence-electron chi connectivity index (χ2n) is 6.58. The summed E-state index contributed by atoms with van der Waals surface area (Å²) >= 11 is 0. The van der Waals surface area contributed by atoms with E-state index in [1.807, 2.05) is 7.05 Å². The van der Waals surface area contributed by atoms with Crippen molar-refractivity contribution in [1.29, 1.82) is 0 Å². The van der Waals surface area contributed by atoms with Gasteiger partial charge in [-0.2, -0.15) is 0 Å². The number of guanidine groups is 1. The van der Waals surface area contributed by atoms with Gasteiger partial charge in [-0.3, -0.25) is 4.99 Å². The molecule has 0 radical (unpaired) electrons. The molecule has 0 aliphatic carbocycles. The van der Waals surface area contributed by atoms with Crippen LogP contribution < -0.4 is 5.32 Å². The van der Waals surface area contributed by atoms with Crippen molar-refractivity contribution in [2.45, 2.75) is 39.5 Å². The fourth-order valence-corrected chi connectivity index (χ4v) is 3.55. The van der Waals surface area contributed by atoms with Crippen LogP contribution in [0.25, 0.3) is 0 Å². The number of piperidine rings is 1. The van der Waals surface area contributed by atoms with Crippen molar-refractivity contribution in [2.24, 2.45) is 16.8 Å². The lowest BCUT2D eigenvalue weighted by Gasteiger charge is -2.34. The molecule has 2 unspecified atom stereocenters. The number of nitrogens with one attached hydrogen (secondary N) is 1. The molecule has 0 saturated carbocycles. The Morgan fingerprint density at radius 3 is 2.71 bits per heavy atom.